The molecule has 0 radical (unpaired) electrons. The third-order valence-corrected chi connectivity index (χ3v) is 3.15. The van der Waals surface area contributed by atoms with Crippen LogP contribution in [-0.4, -0.2) is 21.7 Å². The second-order valence-corrected chi connectivity index (χ2v) is 4.26. The second-order valence-electron chi connectivity index (χ2n) is 3.65. The van der Waals surface area contributed by atoms with Crippen LogP contribution in [0.1, 0.15) is 25.0 Å². The van der Waals surface area contributed by atoms with Gasteiger partial charge in [-0.15, -0.1) is 5.10 Å². The van der Waals surface area contributed by atoms with Crippen molar-refractivity contribution in [2.45, 2.75) is 31.2 Å². The molecule has 74 valence electrons. The van der Waals surface area contributed by atoms with Crippen molar-refractivity contribution in [3.05, 3.63) is 11.1 Å². The van der Waals surface area contributed by atoms with Crippen molar-refractivity contribution < 1.29 is 0 Å². The van der Waals surface area contributed by atoms with Gasteiger partial charge in [0, 0.05) is 11.8 Å². The molecule has 1 aliphatic rings. The van der Waals surface area contributed by atoms with Crippen molar-refractivity contribution in [3.63, 3.8) is 0 Å². The highest BCUT2D eigenvalue weighted by molar-refractivity contribution is 7.03. The molecule has 2 rings (SSSR count). The van der Waals surface area contributed by atoms with Crippen molar-refractivity contribution in [1.29, 1.82) is 5.26 Å². The summed E-state index contributed by atoms with van der Waals surface area (Å²) in [5.41, 5.74) is 0.527. The third kappa shape index (κ3) is 1.91. The molecule has 1 unspecified atom stereocenters. The van der Waals surface area contributed by atoms with Crippen LogP contribution in [0.4, 0.5) is 0 Å². The van der Waals surface area contributed by atoms with Gasteiger partial charge in [0.2, 0.25) is 0 Å². The van der Waals surface area contributed by atoms with Crippen molar-refractivity contribution in [2.75, 3.05) is 6.54 Å². The van der Waals surface area contributed by atoms with Crippen LogP contribution in [0.5, 0.6) is 0 Å². The molecule has 1 N–H and O–H groups in total. The molecule has 1 saturated heterocycles. The average molecular weight is 208 g/mol. The summed E-state index contributed by atoms with van der Waals surface area (Å²) in [7, 11) is 0. The molecule has 0 spiro atoms. The second kappa shape index (κ2) is 4.03. The molecule has 1 aliphatic heterocycles. The number of nitrogens with one attached hydrogen (secondary N) is 1. The maximum atomic E-state index is 9.18. The van der Waals surface area contributed by atoms with Gasteiger partial charge in [-0.1, -0.05) is 4.49 Å². The lowest BCUT2D eigenvalue weighted by Gasteiger charge is -2.31. The topological polar surface area (TPSA) is 61.6 Å². The molecule has 1 aromatic rings. The lowest BCUT2D eigenvalue weighted by atomic mass is 9.86. The maximum Gasteiger partial charge on any atom is 0.112 e. The Hall–Kier alpha value is -0.990. The number of hydrogen-bond donors (Lipinski definition) is 1. The lowest BCUT2D eigenvalue weighted by molar-refractivity contribution is 0.319. The average Bonchev–Trinajstić information content (AvgIpc) is 2.72. The first-order valence-electron chi connectivity index (χ1n) is 4.77. The fourth-order valence-electron chi connectivity index (χ4n) is 1.82. The molecule has 5 heteroatoms. The molecule has 1 aromatic heterocycles. The highest BCUT2D eigenvalue weighted by Crippen LogP contribution is 2.22. The zero-order valence-corrected chi connectivity index (χ0v) is 8.68. The van der Waals surface area contributed by atoms with Crippen LogP contribution in [0.3, 0.4) is 0 Å². The van der Waals surface area contributed by atoms with Gasteiger partial charge in [-0.2, -0.15) is 5.26 Å². The Morgan fingerprint density at radius 1 is 1.64 bits per heavy atom. The Balaban J connectivity index is 2.09. The van der Waals surface area contributed by atoms with Gasteiger partial charge < -0.3 is 0 Å². The molecule has 0 bridgehead atoms. The molecule has 14 heavy (non-hydrogen) atoms. The van der Waals surface area contributed by atoms with E-state index < -0.39 is 5.54 Å². The molecule has 1 atom stereocenters. The fraction of sp³-hybridized carbons (Fsp3) is 0.667. The largest absolute Gasteiger partial charge is 0.299 e. The summed E-state index contributed by atoms with van der Waals surface area (Å²) < 4.78 is 3.81. The van der Waals surface area contributed by atoms with E-state index in [4.69, 9.17) is 0 Å². The van der Waals surface area contributed by atoms with Crippen LogP contribution in [0.25, 0.3) is 0 Å². The van der Waals surface area contributed by atoms with Crippen LogP contribution in [0.15, 0.2) is 5.38 Å². The molecule has 1 fully saturated rings. The summed E-state index contributed by atoms with van der Waals surface area (Å²) in [5.74, 6) is 0. The summed E-state index contributed by atoms with van der Waals surface area (Å²) in [6, 6.07) is 2.38. The quantitative estimate of drug-likeness (QED) is 0.791. The van der Waals surface area contributed by atoms with Gasteiger partial charge in [-0.3, -0.25) is 5.32 Å². The minimum Gasteiger partial charge on any atom is -0.299 e. The Kier molecular flexibility index (Phi) is 2.75. The van der Waals surface area contributed by atoms with Crippen LogP contribution in [0, 0.1) is 11.3 Å². The molecule has 2 heterocycles. The van der Waals surface area contributed by atoms with Crippen LogP contribution in [-0.2, 0) is 6.42 Å². The number of hydrogen-bond acceptors (Lipinski definition) is 5. The number of nitriles is 1. The molecule has 0 saturated carbocycles. The Morgan fingerprint density at radius 3 is 3.14 bits per heavy atom. The van der Waals surface area contributed by atoms with Crippen LogP contribution >= 0.6 is 11.5 Å². The van der Waals surface area contributed by atoms with Crippen LogP contribution in [0.2, 0.25) is 0 Å². The van der Waals surface area contributed by atoms with Gasteiger partial charge >= 0.3 is 0 Å². The Bertz CT molecular complexity index is 321. The van der Waals surface area contributed by atoms with Crippen LogP contribution < -0.4 is 5.32 Å². The molecular formula is C9H12N4S. The van der Waals surface area contributed by atoms with Gasteiger partial charge in [0.25, 0.3) is 0 Å². The minimum atomic E-state index is -0.395. The molecule has 0 aromatic carbocycles. The SMILES string of the molecule is N#CC1(Cc2csnn2)CCCCN1. The molecule has 4 nitrogen and oxygen atoms in total. The highest BCUT2D eigenvalue weighted by Gasteiger charge is 2.32. The first-order valence-corrected chi connectivity index (χ1v) is 5.60. The maximum absolute atomic E-state index is 9.18. The third-order valence-electron chi connectivity index (χ3n) is 2.60. The number of piperidine rings is 1. The van der Waals surface area contributed by atoms with Crippen molar-refractivity contribution >= 4 is 11.5 Å². The number of aromatic nitrogens is 2. The first kappa shape index (κ1) is 9.56. The Labute approximate surface area is 87.1 Å². The zero-order valence-electron chi connectivity index (χ0n) is 7.86. The van der Waals surface area contributed by atoms with Gasteiger partial charge in [0.15, 0.2) is 0 Å². The predicted octanol–water partition coefficient (Wildman–Crippen LogP) is 1.12. The van der Waals surface area contributed by atoms with Gasteiger partial charge in [0.1, 0.15) is 5.54 Å². The highest BCUT2D eigenvalue weighted by atomic mass is 32.1. The van der Waals surface area contributed by atoms with Gasteiger partial charge in [-0.25, -0.2) is 0 Å². The fourth-order valence-corrected chi connectivity index (χ4v) is 2.28. The standard InChI is InChI=1S/C9H12N4S/c10-7-9(3-1-2-4-11-9)5-8-6-14-13-12-8/h6,11H,1-5H2. The van der Waals surface area contributed by atoms with E-state index in [1.54, 1.807) is 0 Å². The summed E-state index contributed by atoms with van der Waals surface area (Å²) >= 11 is 1.34. The molecule has 0 amide bonds. The van der Waals surface area contributed by atoms with E-state index >= 15 is 0 Å². The predicted molar refractivity (Wildman–Crippen MR) is 53.8 cm³/mol. The van der Waals surface area contributed by atoms with Crippen molar-refractivity contribution in [1.82, 2.24) is 14.9 Å². The normalized spacial score (nSPS) is 27.1. The van der Waals surface area contributed by atoms with E-state index in [1.807, 2.05) is 5.38 Å². The van der Waals surface area contributed by atoms with E-state index in [2.05, 4.69) is 21.0 Å². The smallest absolute Gasteiger partial charge is 0.112 e. The Morgan fingerprint density at radius 2 is 2.57 bits per heavy atom. The lowest BCUT2D eigenvalue weighted by Crippen LogP contribution is -2.49. The zero-order chi connectivity index (χ0) is 9.86. The van der Waals surface area contributed by atoms with E-state index in [1.165, 1.54) is 18.0 Å². The molecule has 0 aliphatic carbocycles. The van der Waals surface area contributed by atoms with Crippen molar-refractivity contribution in [2.24, 2.45) is 0 Å². The molecular weight excluding hydrogens is 196 g/mol. The summed E-state index contributed by atoms with van der Waals surface area (Å²) in [5, 5.41) is 18.4. The number of nitrogens with zero attached hydrogens (tertiary/aromatic N) is 3. The van der Waals surface area contributed by atoms with E-state index in [9.17, 15) is 5.26 Å². The summed E-state index contributed by atoms with van der Waals surface area (Å²) in [6.45, 7) is 0.936. The minimum absolute atomic E-state index is 0.395. The first-order chi connectivity index (χ1) is 6.85. The summed E-state index contributed by atoms with van der Waals surface area (Å²) in [4.78, 5) is 0. The van der Waals surface area contributed by atoms with Crippen molar-refractivity contribution in [3.8, 4) is 6.07 Å². The summed E-state index contributed by atoms with van der Waals surface area (Å²) in [6.07, 6.45) is 3.89. The van der Waals surface area contributed by atoms with Gasteiger partial charge in [-0.05, 0) is 37.3 Å². The monoisotopic (exact) mass is 208 g/mol. The number of rotatable bonds is 2. The van der Waals surface area contributed by atoms with E-state index in [-0.39, 0.29) is 0 Å². The van der Waals surface area contributed by atoms with E-state index in [0.717, 1.165) is 25.1 Å². The van der Waals surface area contributed by atoms with E-state index in [0.29, 0.717) is 6.42 Å². The van der Waals surface area contributed by atoms with Gasteiger partial charge in [0.05, 0.1) is 11.8 Å².